The summed E-state index contributed by atoms with van der Waals surface area (Å²) in [6.07, 6.45) is -0.589. The van der Waals surface area contributed by atoms with Crippen molar-refractivity contribution in [2.45, 2.75) is 19.1 Å². The molecule has 0 aliphatic rings. The van der Waals surface area contributed by atoms with Crippen molar-refractivity contribution < 1.29 is 18.7 Å². The van der Waals surface area contributed by atoms with Gasteiger partial charge < -0.3 is 15.2 Å². The molecule has 1 aromatic rings. The van der Waals surface area contributed by atoms with Crippen LogP contribution in [0.2, 0.25) is 0 Å². The number of hydrogen-bond acceptors (Lipinski definition) is 4. The Labute approximate surface area is 93.2 Å². The summed E-state index contributed by atoms with van der Waals surface area (Å²) in [6, 6.07) is 4.73. The number of methoxy groups -OCH3 is 1. The molecule has 0 saturated carbocycles. The van der Waals surface area contributed by atoms with Crippen molar-refractivity contribution in [1.29, 1.82) is 0 Å². The summed E-state index contributed by atoms with van der Waals surface area (Å²) in [6.45, 7) is 1.62. The zero-order valence-electron chi connectivity index (χ0n) is 9.14. The maximum absolute atomic E-state index is 12.8. The number of nitrogens with two attached hydrogens (primary N) is 1. The monoisotopic (exact) mass is 227 g/mol. The van der Waals surface area contributed by atoms with Gasteiger partial charge in [0.25, 0.3) is 0 Å². The number of hydrogen-bond donors (Lipinski definition) is 1. The summed E-state index contributed by atoms with van der Waals surface area (Å²) in [5.74, 6) is -0.646. The van der Waals surface area contributed by atoms with Crippen molar-refractivity contribution in [3.8, 4) is 5.75 Å². The number of ether oxygens (including phenoxy) is 2. The molecule has 0 amide bonds. The molecule has 0 aliphatic carbocycles. The van der Waals surface area contributed by atoms with Crippen LogP contribution in [0, 0.1) is 5.82 Å². The lowest BCUT2D eigenvalue weighted by Gasteiger charge is -2.19. The van der Waals surface area contributed by atoms with Crippen molar-refractivity contribution in [2.24, 2.45) is 5.73 Å². The van der Waals surface area contributed by atoms with Crippen molar-refractivity contribution in [3.63, 3.8) is 0 Å². The van der Waals surface area contributed by atoms with E-state index < -0.39 is 23.9 Å². The summed E-state index contributed by atoms with van der Waals surface area (Å²) in [4.78, 5) is 11.1. The van der Waals surface area contributed by atoms with Crippen LogP contribution in [0.25, 0.3) is 0 Å². The molecule has 2 N–H and O–H groups in total. The van der Waals surface area contributed by atoms with Gasteiger partial charge in [-0.25, -0.2) is 4.39 Å². The molecule has 2 atom stereocenters. The first-order valence-corrected chi connectivity index (χ1v) is 4.80. The molecule has 0 aliphatic heterocycles. The zero-order valence-corrected chi connectivity index (χ0v) is 9.14. The number of halogens is 1. The summed E-state index contributed by atoms with van der Waals surface area (Å²) in [5.41, 5.74) is 5.56. The quantitative estimate of drug-likeness (QED) is 0.782. The first-order chi connectivity index (χ1) is 7.54. The third kappa shape index (κ3) is 3.20. The first kappa shape index (κ1) is 12.4. The minimum absolute atomic E-state index is 0.326. The molecular formula is C11H14FNO3. The predicted octanol–water partition coefficient (Wildman–Crippen LogP) is 1.09. The van der Waals surface area contributed by atoms with E-state index in [9.17, 15) is 9.18 Å². The molecule has 0 spiro atoms. The van der Waals surface area contributed by atoms with Gasteiger partial charge in [-0.3, -0.25) is 4.79 Å². The number of esters is 1. The lowest BCUT2D eigenvalue weighted by molar-refractivity contribution is -0.144. The normalized spacial score (nSPS) is 14.0. The van der Waals surface area contributed by atoms with E-state index in [2.05, 4.69) is 4.74 Å². The number of carbonyl (C=O) groups excluding carboxylic acids is 1. The van der Waals surface area contributed by atoms with Crippen LogP contribution in [0.1, 0.15) is 6.92 Å². The highest BCUT2D eigenvalue weighted by molar-refractivity contribution is 5.76. The average Bonchev–Trinajstić information content (AvgIpc) is 2.27. The van der Waals surface area contributed by atoms with Gasteiger partial charge in [-0.05, 0) is 19.1 Å². The van der Waals surface area contributed by atoms with Gasteiger partial charge in [0.2, 0.25) is 0 Å². The fraction of sp³-hybridized carbons (Fsp3) is 0.364. The second kappa shape index (κ2) is 5.46. The average molecular weight is 227 g/mol. The van der Waals surface area contributed by atoms with Crippen LogP contribution < -0.4 is 10.5 Å². The standard InChI is InChI=1S/C11H14FNO3/c1-7(10(13)11(14)15-2)16-9-5-3-4-8(12)6-9/h3-7,10H,13H2,1-2H3/t7-,10+/m1/s1. The lowest BCUT2D eigenvalue weighted by atomic mass is 10.2. The van der Waals surface area contributed by atoms with E-state index in [4.69, 9.17) is 10.5 Å². The summed E-state index contributed by atoms with van der Waals surface area (Å²) in [5, 5.41) is 0. The van der Waals surface area contributed by atoms with E-state index in [-0.39, 0.29) is 0 Å². The molecule has 0 fully saturated rings. The predicted molar refractivity (Wildman–Crippen MR) is 56.5 cm³/mol. The second-order valence-corrected chi connectivity index (χ2v) is 3.33. The van der Waals surface area contributed by atoms with E-state index in [1.807, 2.05) is 0 Å². The van der Waals surface area contributed by atoms with Crippen molar-refractivity contribution >= 4 is 5.97 Å². The third-order valence-corrected chi connectivity index (χ3v) is 2.10. The Morgan fingerprint density at radius 1 is 1.50 bits per heavy atom. The van der Waals surface area contributed by atoms with Gasteiger partial charge >= 0.3 is 5.97 Å². The van der Waals surface area contributed by atoms with E-state index in [1.54, 1.807) is 13.0 Å². The minimum Gasteiger partial charge on any atom is -0.488 e. The van der Waals surface area contributed by atoms with Gasteiger partial charge in [0.05, 0.1) is 7.11 Å². The molecule has 0 saturated heterocycles. The molecule has 16 heavy (non-hydrogen) atoms. The summed E-state index contributed by atoms with van der Waals surface area (Å²) >= 11 is 0. The largest absolute Gasteiger partial charge is 0.488 e. The van der Waals surface area contributed by atoms with Crippen molar-refractivity contribution in [3.05, 3.63) is 30.1 Å². The molecule has 0 unspecified atom stereocenters. The van der Waals surface area contributed by atoms with Crippen LogP contribution in [0.5, 0.6) is 5.75 Å². The molecule has 0 radical (unpaired) electrons. The second-order valence-electron chi connectivity index (χ2n) is 3.33. The lowest BCUT2D eigenvalue weighted by Crippen LogP contribution is -2.44. The van der Waals surface area contributed by atoms with Crippen LogP contribution in [-0.2, 0) is 9.53 Å². The molecule has 0 aromatic heterocycles. The smallest absolute Gasteiger partial charge is 0.326 e. The Bertz CT molecular complexity index is 370. The fourth-order valence-corrected chi connectivity index (χ4v) is 1.16. The minimum atomic E-state index is -0.895. The Kier molecular flexibility index (Phi) is 4.25. The topological polar surface area (TPSA) is 61.5 Å². The maximum Gasteiger partial charge on any atom is 0.326 e. The highest BCUT2D eigenvalue weighted by Gasteiger charge is 2.23. The number of benzene rings is 1. The van der Waals surface area contributed by atoms with E-state index in [0.717, 1.165) is 0 Å². The van der Waals surface area contributed by atoms with E-state index in [0.29, 0.717) is 5.75 Å². The highest BCUT2D eigenvalue weighted by atomic mass is 19.1. The van der Waals surface area contributed by atoms with Crippen LogP contribution in [0.4, 0.5) is 4.39 Å². The molecule has 88 valence electrons. The van der Waals surface area contributed by atoms with Crippen LogP contribution in [0.3, 0.4) is 0 Å². The molecule has 4 nitrogen and oxygen atoms in total. The maximum atomic E-state index is 12.8. The summed E-state index contributed by atoms with van der Waals surface area (Å²) in [7, 11) is 1.25. The van der Waals surface area contributed by atoms with E-state index >= 15 is 0 Å². The van der Waals surface area contributed by atoms with E-state index in [1.165, 1.54) is 25.3 Å². The Morgan fingerprint density at radius 3 is 2.75 bits per heavy atom. The van der Waals surface area contributed by atoms with Crippen molar-refractivity contribution in [2.75, 3.05) is 7.11 Å². The Hall–Kier alpha value is -1.62. The molecule has 1 rings (SSSR count). The highest BCUT2D eigenvalue weighted by Crippen LogP contribution is 2.14. The Morgan fingerprint density at radius 2 is 2.19 bits per heavy atom. The Balaban J connectivity index is 2.64. The summed E-state index contributed by atoms with van der Waals surface area (Å²) < 4.78 is 22.6. The van der Waals surface area contributed by atoms with Gasteiger partial charge in [-0.1, -0.05) is 6.07 Å². The van der Waals surface area contributed by atoms with Gasteiger partial charge in [0.1, 0.15) is 23.7 Å². The molecule has 1 aromatic carbocycles. The molecule has 0 bridgehead atoms. The van der Waals surface area contributed by atoms with Gasteiger partial charge in [0, 0.05) is 6.07 Å². The van der Waals surface area contributed by atoms with Gasteiger partial charge in [0.15, 0.2) is 0 Å². The van der Waals surface area contributed by atoms with Crippen molar-refractivity contribution in [1.82, 2.24) is 0 Å². The third-order valence-electron chi connectivity index (χ3n) is 2.10. The molecule has 5 heteroatoms. The first-order valence-electron chi connectivity index (χ1n) is 4.80. The van der Waals surface area contributed by atoms with Gasteiger partial charge in [-0.15, -0.1) is 0 Å². The zero-order chi connectivity index (χ0) is 12.1. The molecular weight excluding hydrogens is 213 g/mol. The van der Waals surface area contributed by atoms with Crippen LogP contribution in [-0.4, -0.2) is 25.2 Å². The number of rotatable bonds is 4. The number of carbonyl (C=O) groups is 1. The van der Waals surface area contributed by atoms with Gasteiger partial charge in [-0.2, -0.15) is 0 Å². The fourth-order valence-electron chi connectivity index (χ4n) is 1.16. The van der Waals surface area contributed by atoms with Crippen LogP contribution in [0.15, 0.2) is 24.3 Å². The SMILES string of the molecule is COC(=O)[C@@H](N)[C@@H](C)Oc1cccc(F)c1. The molecule has 0 heterocycles. The van der Waals surface area contributed by atoms with Crippen LogP contribution >= 0.6 is 0 Å².